The Bertz CT molecular complexity index is 298. The van der Waals surface area contributed by atoms with Gasteiger partial charge in [0, 0.05) is 17.8 Å². The summed E-state index contributed by atoms with van der Waals surface area (Å²) in [6.45, 7) is 2.87. The molecular formula is C12H20N2OS. The van der Waals surface area contributed by atoms with Crippen LogP contribution in [-0.2, 0) is 4.79 Å². The Hall–Kier alpha value is -0.870. The summed E-state index contributed by atoms with van der Waals surface area (Å²) in [6.07, 6.45) is 2.63. The van der Waals surface area contributed by atoms with Crippen molar-refractivity contribution in [1.29, 1.82) is 0 Å². The molecule has 1 amide bonds. The van der Waals surface area contributed by atoms with E-state index in [0.29, 0.717) is 6.42 Å². The van der Waals surface area contributed by atoms with Gasteiger partial charge in [-0.2, -0.15) is 0 Å². The zero-order chi connectivity index (χ0) is 11.8. The number of hydrogen-bond donors (Lipinski definition) is 2. The van der Waals surface area contributed by atoms with Crippen LogP contribution in [-0.4, -0.2) is 19.5 Å². The van der Waals surface area contributed by atoms with Crippen molar-refractivity contribution in [3.8, 4) is 0 Å². The molecule has 0 aliphatic rings. The maximum Gasteiger partial charge on any atom is 0.221 e. The van der Waals surface area contributed by atoms with Gasteiger partial charge >= 0.3 is 0 Å². The van der Waals surface area contributed by atoms with Crippen molar-refractivity contribution in [3.63, 3.8) is 0 Å². The third-order valence-corrected chi connectivity index (χ3v) is 3.39. The smallest absolute Gasteiger partial charge is 0.221 e. The fraction of sp³-hybridized carbons (Fsp3) is 0.583. The van der Waals surface area contributed by atoms with Crippen LogP contribution in [0.1, 0.15) is 37.1 Å². The lowest BCUT2D eigenvalue weighted by Crippen LogP contribution is -2.30. The van der Waals surface area contributed by atoms with Crippen LogP contribution in [0.25, 0.3) is 0 Å². The topological polar surface area (TPSA) is 41.1 Å². The maximum atomic E-state index is 11.6. The highest BCUT2D eigenvalue weighted by Crippen LogP contribution is 2.23. The lowest BCUT2D eigenvalue weighted by molar-refractivity contribution is -0.121. The van der Waals surface area contributed by atoms with Crippen LogP contribution in [0.15, 0.2) is 17.5 Å². The molecule has 90 valence electrons. The fourth-order valence-electron chi connectivity index (χ4n) is 1.57. The lowest BCUT2D eigenvalue weighted by atomic mass is 10.1. The van der Waals surface area contributed by atoms with Crippen molar-refractivity contribution in [2.24, 2.45) is 0 Å². The van der Waals surface area contributed by atoms with E-state index >= 15 is 0 Å². The van der Waals surface area contributed by atoms with Gasteiger partial charge in [0.15, 0.2) is 0 Å². The van der Waals surface area contributed by atoms with Crippen LogP contribution in [0.4, 0.5) is 0 Å². The molecule has 16 heavy (non-hydrogen) atoms. The second kappa shape index (κ2) is 7.41. The van der Waals surface area contributed by atoms with Crippen LogP contribution in [0, 0.1) is 0 Å². The first kappa shape index (κ1) is 13.2. The number of carbonyl (C=O) groups excluding carboxylic acids is 1. The van der Waals surface area contributed by atoms with Crippen molar-refractivity contribution >= 4 is 17.2 Å². The average Bonchev–Trinajstić information content (AvgIpc) is 2.79. The third kappa shape index (κ3) is 4.33. The molecule has 3 nitrogen and oxygen atoms in total. The van der Waals surface area contributed by atoms with Gasteiger partial charge in [-0.05, 0) is 24.9 Å². The molecule has 1 atom stereocenters. The Morgan fingerprint density at radius 1 is 1.56 bits per heavy atom. The summed E-state index contributed by atoms with van der Waals surface area (Å²) < 4.78 is 0. The zero-order valence-corrected chi connectivity index (χ0v) is 10.8. The van der Waals surface area contributed by atoms with E-state index < -0.39 is 0 Å². The molecule has 0 saturated carbocycles. The molecule has 1 heterocycles. The van der Waals surface area contributed by atoms with Crippen molar-refractivity contribution < 1.29 is 4.79 Å². The standard InChI is InChI=1S/C12H20N2OS/c1-3-5-10(11-6-4-9-16-11)14-12(15)7-8-13-2/h4,6,9-10,13H,3,5,7-8H2,1-2H3,(H,14,15). The predicted octanol–water partition coefficient (Wildman–Crippen LogP) is 2.32. The van der Waals surface area contributed by atoms with Crippen LogP contribution < -0.4 is 10.6 Å². The van der Waals surface area contributed by atoms with Gasteiger partial charge in [-0.3, -0.25) is 4.79 Å². The zero-order valence-electron chi connectivity index (χ0n) is 9.95. The van der Waals surface area contributed by atoms with E-state index in [1.54, 1.807) is 11.3 Å². The van der Waals surface area contributed by atoms with Crippen molar-refractivity contribution in [2.45, 2.75) is 32.2 Å². The van der Waals surface area contributed by atoms with Crippen LogP contribution in [0.2, 0.25) is 0 Å². The van der Waals surface area contributed by atoms with Crippen molar-refractivity contribution in [1.82, 2.24) is 10.6 Å². The molecule has 4 heteroatoms. The second-order valence-corrected chi connectivity index (χ2v) is 4.76. The molecule has 0 saturated heterocycles. The first-order valence-corrected chi connectivity index (χ1v) is 6.63. The monoisotopic (exact) mass is 240 g/mol. The van der Waals surface area contributed by atoms with E-state index in [0.717, 1.165) is 19.4 Å². The highest BCUT2D eigenvalue weighted by Gasteiger charge is 2.13. The van der Waals surface area contributed by atoms with Gasteiger partial charge in [-0.15, -0.1) is 11.3 Å². The van der Waals surface area contributed by atoms with Gasteiger partial charge in [0.05, 0.1) is 6.04 Å². The maximum absolute atomic E-state index is 11.6. The molecule has 0 radical (unpaired) electrons. The fourth-order valence-corrected chi connectivity index (χ4v) is 2.38. The first-order chi connectivity index (χ1) is 7.77. The Morgan fingerprint density at radius 2 is 2.38 bits per heavy atom. The van der Waals surface area contributed by atoms with Gasteiger partial charge in [0.25, 0.3) is 0 Å². The van der Waals surface area contributed by atoms with E-state index in [1.165, 1.54) is 4.88 Å². The number of rotatable bonds is 7. The Morgan fingerprint density at radius 3 is 2.94 bits per heavy atom. The quantitative estimate of drug-likeness (QED) is 0.768. The van der Waals surface area contributed by atoms with Gasteiger partial charge < -0.3 is 10.6 Å². The number of thiophene rings is 1. The minimum Gasteiger partial charge on any atom is -0.348 e. The van der Waals surface area contributed by atoms with Crippen LogP contribution in [0.3, 0.4) is 0 Å². The summed E-state index contributed by atoms with van der Waals surface area (Å²) in [7, 11) is 1.86. The van der Waals surface area contributed by atoms with E-state index in [-0.39, 0.29) is 11.9 Å². The molecule has 1 aromatic rings. The first-order valence-electron chi connectivity index (χ1n) is 5.75. The lowest BCUT2D eigenvalue weighted by Gasteiger charge is -2.16. The summed E-state index contributed by atoms with van der Waals surface area (Å²) in [5.74, 6) is 0.126. The molecule has 2 N–H and O–H groups in total. The molecule has 1 rings (SSSR count). The van der Waals surface area contributed by atoms with Gasteiger partial charge in [0.1, 0.15) is 0 Å². The van der Waals surface area contributed by atoms with E-state index in [2.05, 4.69) is 29.0 Å². The van der Waals surface area contributed by atoms with Crippen LogP contribution >= 0.6 is 11.3 Å². The van der Waals surface area contributed by atoms with E-state index in [1.807, 2.05) is 13.1 Å². The molecule has 0 spiro atoms. The van der Waals surface area contributed by atoms with Gasteiger partial charge in [-0.1, -0.05) is 19.4 Å². The molecule has 0 aromatic carbocycles. The molecule has 1 unspecified atom stereocenters. The molecule has 0 aliphatic carbocycles. The van der Waals surface area contributed by atoms with Gasteiger partial charge in [-0.25, -0.2) is 0 Å². The Kier molecular flexibility index (Phi) is 6.11. The summed E-state index contributed by atoms with van der Waals surface area (Å²) in [5, 5.41) is 8.12. The highest BCUT2D eigenvalue weighted by molar-refractivity contribution is 7.10. The number of carbonyl (C=O) groups is 1. The number of hydrogen-bond acceptors (Lipinski definition) is 3. The predicted molar refractivity (Wildman–Crippen MR) is 68.7 cm³/mol. The van der Waals surface area contributed by atoms with E-state index in [4.69, 9.17) is 0 Å². The van der Waals surface area contributed by atoms with Crippen molar-refractivity contribution in [3.05, 3.63) is 22.4 Å². The number of amides is 1. The summed E-state index contributed by atoms with van der Waals surface area (Å²) >= 11 is 1.71. The minimum atomic E-state index is 0.126. The molecular weight excluding hydrogens is 220 g/mol. The Labute approximate surface area is 101 Å². The van der Waals surface area contributed by atoms with Gasteiger partial charge in [0.2, 0.25) is 5.91 Å². The summed E-state index contributed by atoms with van der Waals surface area (Å²) in [4.78, 5) is 12.9. The number of nitrogens with one attached hydrogen (secondary N) is 2. The highest BCUT2D eigenvalue weighted by atomic mass is 32.1. The molecule has 0 aliphatic heterocycles. The normalized spacial score (nSPS) is 12.4. The molecule has 1 aromatic heterocycles. The largest absolute Gasteiger partial charge is 0.348 e. The minimum absolute atomic E-state index is 0.126. The molecule has 0 fully saturated rings. The van der Waals surface area contributed by atoms with E-state index in [9.17, 15) is 4.79 Å². The molecule has 0 bridgehead atoms. The van der Waals surface area contributed by atoms with Crippen LogP contribution in [0.5, 0.6) is 0 Å². The second-order valence-electron chi connectivity index (χ2n) is 3.78. The Balaban J connectivity index is 2.48. The summed E-state index contributed by atoms with van der Waals surface area (Å²) in [5.41, 5.74) is 0. The average molecular weight is 240 g/mol. The summed E-state index contributed by atoms with van der Waals surface area (Å²) in [6, 6.07) is 4.31. The SMILES string of the molecule is CCCC(NC(=O)CCNC)c1cccs1. The van der Waals surface area contributed by atoms with Crippen molar-refractivity contribution in [2.75, 3.05) is 13.6 Å². The third-order valence-electron chi connectivity index (χ3n) is 2.40.